The van der Waals surface area contributed by atoms with E-state index in [1.807, 2.05) is 19.2 Å². The van der Waals surface area contributed by atoms with Crippen molar-refractivity contribution in [3.63, 3.8) is 0 Å². The second-order valence-corrected chi connectivity index (χ2v) is 3.92. The van der Waals surface area contributed by atoms with E-state index >= 15 is 0 Å². The van der Waals surface area contributed by atoms with Gasteiger partial charge in [0.05, 0.1) is 4.99 Å². The van der Waals surface area contributed by atoms with Gasteiger partial charge in [-0.2, -0.15) is 0 Å². The number of aryl methyl sites for hydroxylation is 1. The highest BCUT2D eigenvalue weighted by atomic mass is 32.1. The summed E-state index contributed by atoms with van der Waals surface area (Å²) in [7, 11) is 2.04. The van der Waals surface area contributed by atoms with Crippen LogP contribution in [0.3, 0.4) is 0 Å². The molecule has 0 spiro atoms. The number of hydrogen-bond acceptors (Lipinski definition) is 1. The third-order valence-corrected chi connectivity index (χ3v) is 2.55. The summed E-state index contributed by atoms with van der Waals surface area (Å²) in [6.07, 6.45) is 0.667. The lowest BCUT2D eigenvalue weighted by Crippen LogP contribution is -2.13. The third-order valence-electron chi connectivity index (χ3n) is 2.41. The van der Waals surface area contributed by atoms with Crippen molar-refractivity contribution in [2.24, 2.45) is 12.8 Å². The molecule has 0 aliphatic carbocycles. The maximum Gasteiger partial charge on any atom is 0.0786 e. The van der Waals surface area contributed by atoms with Gasteiger partial charge in [-0.15, -0.1) is 0 Å². The van der Waals surface area contributed by atoms with Crippen LogP contribution >= 0.6 is 12.2 Å². The van der Waals surface area contributed by atoms with Crippen LogP contribution < -0.4 is 5.73 Å². The van der Waals surface area contributed by atoms with Crippen molar-refractivity contribution in [1.82, 2.24) is 4.57 Å². The summed E-state index contributed by atoms with van der Waals surface area (Å²) in [6, 6.07) is 10.4. The van der Waals surface area contributed by atoms with E-state index in [0.717, 1.165) is 0 Å². The SMILES string of the molecule is Cn1c(CC(N)=S)cc2ccccc21. The van der Waals surface area contributed by atoms with Crippen LogP contribution in [-0.4, -0.2) is 9.56 Å². The molecule has 0 radical (unpaired) electrons. The molecule has 0 saturated carbocycles. The van der Waals surface area contributed by atoms with Gasteiger partial charge in [0, 0.05) is 24.7 Å². The molecule has 2 rings (SSSR count). The summed E-state index contributed by atoms with van der Waals surface area (Å²) < 4.78 is 2.13. The van der Waals surface area contributed by atoms with Gasteiger partial charge < -0.3 is 10.3 Å². The van der Waals surface area contributed by atoms with Crippen molar-refractivity contribution in [3.05, 3.63) is 36.0 Å². The largest absolute Gasteiger partial charge is 0.393 e. The van der Waals surface area contributed by atoms with E-state index < -0.39 is 0 Å². The van der Waals surface area contributed by atoms with Crippen LogP contribution in [0.25, 0.3) is 10.9 Å². The standard InChI is InChI=1S/C11H12N2S/c1-13-9(7-11(12)14)6-8-4-2-3-5-10(8)13/h2-6H,7H2,1H3,(H2,12,14). The Kier molecular flexibility index (Phi) is 2.25. The zero-order valence-corrected chi connectivity index (χ0v) is 8.84. The summed E-state index contributed by atoms with van der Waals surface area (Å²) in [5.74, 6) is 0. The molecule has 1 aromatic carbocycles. The number of aromatic nitrogens is 1. The highest BCUT2D eigenvalue weighted by Crippen LogP contribution is 2.18. The van der Waals surface area contributed by atoms with Crippen molar-refractivity contribution in [2.45, 2.75) is 6.42 Å². The molecule has 2 N–H and O–H groups in total. The van der Waals surface area contributed by atoms with Gasteiger partial charge in [0.15, 0.2) is 0 Å². The van der Waals surface area contributed by atoms with Gasteiger partial charge in [0.25, 0.3) is 0 Å². The number of rotatable bonds is 2. The Bertz CT molecular complexity index is 485. The molecule has 0 atom stereocenters. The Morgan fingerprint density at radius 3 is 2.79 bits per heavy atom. The first kappa shape index (κ1) is 9.21. The topological polar surface area (TPSA) is 30.9 Å². The first-order chi connectivity index (χ1) is 6.68. The Balaban J connectivity index is 2.57. The van der Waals surface area contributed by atoms with E-state index in [2.05, 4.69) is 22.8 Å². The van der Waals surface area contributed by atoms with Gasteiger partial charge >= 0.3 is 0 Å². The van der Waals surface area contributed by atoms with E-state index in [9.17, 15) is 0 Å². The van der Waals surface area contributed by atoms with Gasteiger partial charge in [-0.1, -0.05) is 30.4 Å². The lowest BCUT2D eigenvalue weighted by atomic mass is 10.2. The molecule has 0 saturated heterocycles. The van der Waals surface area contributed by atoms with E-state index in [1.165, 1.54) is 16.6 Å². The van der Waals surface area contributed by atoms with Crippen LogP contribution in [0.4, 0.5) is 0 Å². The van der Waals surface area contributed by atoms with Gasteiger partial charge in [-0.25, -0.2) is 0 Å². The fourth-order valence-corrected chi connectivity index (χ4v) is 1.84. The van der Waals surface area contributed by atoms with Crippen molar-refractivity contribution in [3.8, 4) is 0 Å². The van der Waals surface area contributed by atoms with Crippen LogP contribution in [0.2, 0.25) is 0 Å². The number of fused-ring (bicyclic) bond motifs is 1. The molecule has 14 heavy (non-hydrogen) atoms. The molecule has 1 heterocycles. The first-order valence-electron chi connectivity index (χ1n) is 4.50. The summed E-state index contributed by atoms with van der Waals surface area (Å²) in [4.78, 5) is 0.538. The minimum absolute atomic E-state index is 0.538. The molecule has 0 fully saturated rings. The Morgan fingerprint density at radius 2 is 2.14 bits per heavy atom. The maximum atomic E-state index is 5.53. The normalized spacial score (nSPS) is 10.6. The van der Waals surface area contributed by atoms with E-state index in [-0.39, 0.29) is 0 Å². The van der Waals surface area contributed by atoms with Gasteiger partial charge in [0.1, 0.15) is 0 Å². The molecule has 0 amide bonds. The molecular formula is C11H12N2S. The fraction of sp³-hybridized carbons (Fsp3) is 0.182. The van der Waals surface area contributed by atoms with Crippen LogP contribution in [0.15, 0.2) is 30.3 Å². The summed E-state index contributed by atoms with van der Waals surface area (Å²) in [5, 5.41) is 1.24. The first-order valence-corrected chi connectivity index (χ1v) is 4.91. The number of hydrogen-bond donors (Lipinski definition) is 1. The monoisotopic (exact) mass is 204 g/mol. The predicted molar refractivity (Wildman–Crippen MR) is 63.4 cm³/mol. The second kappa shape index (κ2) is 3.42. The van der Waals surface area contributed by atoms with Gasteiger partial charge in [-0.05, 0) is 17.5 Å². The minimum Gasteiger partial charge on any atom is -0.393 e. The quantitative estimate of drug-likeness (QED) is 0.759. The van der Waals surface area contributed by atoms with Crippen LogP contribution in [0.1, 0.15) is 5.69 Å². The number of benzene rings is 1. The second-order valence-electron chi connectivity index (χ2n) is 3.40. The number of thiocarbonyl (C=S) groups is 1. The Morgan fingerprint density at radius 1 is 1.43 bits per heavy atom. The van der Waals surface area contributed by atoms with E-state index in [1.54, 1.807) is 0 Å². The van der Waals surface area contributed by atoms with Crippen LogP contribution in [0.5, 0.6) is 0 Å². The van der Waals surface area contributed by atoms with Crippen molar-refractivity contribution in [2.75, 3.05) is 0 Å². The molecule has 3 heteroatoms. The van der Waals surface area contributed by atoms with E-state index in [4.69, 9.17) is 18.0 Å². The summed E-state index contributed by atoms with van der Waals surface area (Å²) in [5.41, 5.74) is 7.92. The molecule has 2 nitrogen and oxygen atoms in total. The van der Waals surface area contributed by atoms with Crippen LogP contribution in [0, 0.1) is 0 Å². The lowest BCUT2D eigenvalue weighted by Gasteiger charge is -2.02. The summed E-state index contributed by atoms with van der Waals surface area (Å²) in [6.45, 7) is 0. The highest BCUT2D eigenvalue weighted by Gasteiger charge is 2.05. The molecule has 0 bridgehead atoms. The smallest absolute Gasteiger partial charge is 0.0786 e. The van der Waals surface area contributed by atoms with E-state index in [0.29, 0.717) is 11.4 Å². The number of nitrogens with zero attached hydrogens (tertiary/aromatic N) is 1. The zero-order chi connectivity index (χ0) is 10.1. The Hall–Kier alpha value is -1.35. The highest BCUT2D eigenvalue weighted by molar-refractivity contribution is 7.80. The molecule has 0 aliphatic heterocycles. The molecule has 2 aromatic rings. The zero-order valence-electron chi connectivity index (χ0n) is 8.03. The summed E-state index contributed by atoms with van der Waals surface area (Å²) >= 11 is 4.91. The maximum absolute atomic E-state index is 5.53. The van der Waals surface area contributed by atoms with Crippen molar-refractivity contribution < 1.29 is 0 Å². The third kappa shape index (κ3) is 1.51. The fourth-order valence-electron chi connectivity index (χ4n) is 1.69. The minimum atomic E-state index is 0.538. The van der Waals surface area contributed by atoms with Gasteiger partial charge in [-0.3, -0.25) is 0 Å². The lowest BCUT2D eigenvalue weighted by molar-refractivity contribution is 0.900. The van der Waals surface area contributed by atoms with Gasteiger partial charge in [0.2, 0.25) is 0 Å². The van der Waals surface area contributed by atoms with Crippen molar-refractivity contribution in [1.29, 1.82) is 0 Å². The van der Waals surface area contributed by atoms with Crippen molar-refractivity contribution >= 4 is 28.1 Å². The molecule has 1 aromatic heterocycles. The molecule has 72 valence electrons. The Labute approximate surface area is 88.3 Å². The average Bonchev–Trinajstić information content (AvgIpc) is 2.44. The number of nitrogens with two attached hydrogens (primary N) is 1. The number of para-hydroxylation sites is 1. The average molecular weight is 204 g/mol. The predicted octanol–water partition coefficient (Wildman–Crippen LogP) is 2.01. The molecular weight excluding hydrogens is 192 g/mol. The molecule has 0 aliphatic rings. The molecule has 0 unspecified atom stereocenters. The van der Waals surface area contributed by atoms with Crippen LogP contribution in [-0.2, 0) is 13.5 Å².